The van der Waals surface area contributed by atoms with E-state index in [4.69, 9.17) is 4.74 Å². The summed E-state index contributed by atoms with van der Waals surface area (Å²) < 4.78 is 5.21. The molecule has 2 aromatic carbocycles. The summed E-state index contributed by atoms with van der Waals surface area (Å²) in [6, 6.07) is 17.2. The predicted molar refractivity (Wildman–Crippen MR) is 81.9 cm³/mol. The third-order valence-corrected chi connectivity index (χ3v) is 4.00. The fourth-order valence-corrected chi connectivity index (χ4v) is 2.89. The Bertz CT molecular complexity index is 562. The van der Waals surface area contributed by atoms with Crippen LogP contribution in [-0.2, 0) is 19.5 Å². The molecule has 3 rings (SSSR count). The lowest BCUT2D eigenvalue weighted by Gasteiger charge is -2.20. The Morgan fingerprint density at radius 2 is 1.75 bits per heavy atom. The number of benzene rings is 2. The molecular formula is C18H21NO. The number of methoxy groups -OCH3 is 1. The summed E-state index contributed by atoms with van der Waals surface area (Å²) in [5.74, 6) is 0.926. The maximum absolute atomic E-state index is 5.21. The third-order valence-electron chi connectivity index (χ3n) is 4.00. The van der Waals surface area contributed by atoms with Gasteiger partial charge in [-0.1, -0.05) is 36.4 Å². The lowest BCUT2D eigenvalue weighted by molar-refractivity contribution is 0.261. The normalized spacial score (nSPS) is 15.4. The molecule has 0 aromatic heterocycles. The van der Waals surface area contributed by atoms with Gasteiger partial charge >= 0.3 is 0 Å². The van der Waals surface area contributed by atoms with Crippen molar-refractivity contribution in [2.24, 2.45) is 0 Å². The molecule has 0 spiro atoms. The molecule has 0 atom stereocenters. The fraction of sp³-hybridized carbons (Fsp3) is 0.333. The maximum atomic E-state index is 5.21. The second-order valence-electron chi connectivity index (χ2n) is 5.43. The van der Waals surface area contributed by atoms with Gasteiger partial charge in [0.2, 0.25) is 0 Å². The Morgan fingerprint density at radius 3 is 2.50 bits per heavy atom. The van der Waals surface area contributed by atoms with Crippen molar-refractivity contribution in [2.45, 2.75) is 25.9 Å². The Labute approximate surface area is 121 Å². The van der Waals surface area contributed by atoms with Crippen molar-refractivity contribution in [1.29, 1.82) is 0 Å². The van der Waals surface area contributed by atoms with Gasteiger partial charge in [0, 0.05) is 13.1 Å². The smallest absolute Gasteiger partial charge is 0.118 e. The molecule has 1 aliphatic heterocycles. The second kappa shape index (κ2) is 6.10. The Hall–Kier alpha value is -1.80. The third kappa shape index (κ3) is 3.02. The molecule has 1 heterocycles. The van der Waals surface area contributed by atoms with Crippen molar-refractivity contribution in [2.75, 3.05) is 13.7 Å². The molecule has 0 bridgehead atoms. The summed E-state index contributed by atoms with van der Waals surface area (Å²) in [5.41, 5.74) is 4.36. The predicted octanol–water partition coefficient (Wildman–Crippen LogP) is 3.64. The molecule has 0 unspecified atom stereocenters. The van der Waals surface area contributed by atoms with Crippen LogP contribution in [0.3, 0.4) is 0 Å². The number of hydrogen-bond acceptors (Lipinski definition) is 2. The van der Waals surface area contributed by atoms with E-state index in [0.29, 0.717) is 0 Å². The molecular weight excluding hydrogens is 246 g/mol. The maximum Gasteiger partial charge on any atom is 0.118 e. The lowest BCUT2D eigenvalue weighted by atomic mass is 10.0. The van der Waals surface area contributed by atoms with Gasteiger partial charge in [0.05, 0.1) is 7.11 Å². The van der Waals surface area contributed by atoms with Crippen LogP contribution < -0.4 is 4.74 Å². The zero-order chi connectivity index (χ0) is 13.8. The topological polar surface area (TPSA) is 12.5 Å². The molecule has 2 nitrogen and oxygen atoms in total. The SMILES string of the molecule is COc1ccc(CN2CCCc3ccccc3C2)cc1. The van der Waals surface area contributed by atoms with Crippen LogP contribution in [0, 0.1) is 0 Å². The van der Waals surface area contributed by atoms with E-state index < -0.39 is 0 Å². The van der Waals surface area contributed by atoms with Crippen molar-refractivity contribution < 1.29 is 4.74 Å². The highest BCUT2D eigenvalue weighted by Crippen LogP contribution is 2.20. The monoisotopic (exact) mass is 267 g/mol. The zero-order valence-electron chi connectivity index (χ0n) is 12.0. The van der Waals surface area contributed by atoms with Crippen molar-refractivity contribution in [3.05, 3.63) is 65.2 Å². The van der Waals surface area contributed by atoms with Crippen LogP contribution >= 0.6 is 0 Å². The van der Waals surface area contributed by atoms with E-state index >= 15 is 0 Å². The minimum atomic E-state index is 0.926. The van der Waals surface area contributed by atoms with E-state index in [1.54, 1.807) is 7.11 Å². The fourth-order valence-electron chi connectivity index (χ4n) is 2.89. The van der Waals surface area contributed by atoms with Gasteiger partial charge < -0.3 is 4.74 Å². The van der Waals surface area contributed by atoms with Crippen molar-refractivity contribution in [3.8, 4) is 5.75 Å². The minimum absolute atomic E-state index is 0.926. The van der Waals surface area contributed by atoms with E-state index in [1.807, 2.05) is 12.1 Å². The minimum Gasteiger partial charge on any atom is -0.497 e. The highest BCUT2D eigenvalue weighted by atomic mass is 16.5. The Morgan fingerprint density at radius 1 is 1.00 bits per heavy atom. The van der Waals surface area contributed by atoms with Gasteiger partial charge in [-0.05, 0) is 48.2 Å². The first-order chi connectivity index (χ1) is 9.85. The zero-order valence-corrected chi connectivity index (χ0v) is 12.0. The number of rotatable bonds is 3. The average molecular weight is 267 g/mol. The van der Waals surface area contributed by atoms with Gasteiger partial charge in [-0.2, -0.15) is 0 Å². The average Bonchev–Trinajstić information content (AvgIpc) is 2.69. The van der Waals surface area contributed by atoms with Crippen LogP contribution in [0.1, 0.15) is 23.1 Å². The van der Waals surface area contributed by atoms with E-state index in [1.165, 1.54) is 36.1 Å². The van der Waals surface area contributed by atoms with Crippen molar-refractivity contribution in [1.82, 2.24) is 4.90 Å². The molecule has 1 aliphatic rings. The Balaban J connectivity index is 1.71. The molecule has 0 saturated carbocycles. The highest BCUT2D eigenvalue weighted by molar-refractivity contribution is 5.29. The van der Waals surface area contributed by atoms with Gasteiger partial charge in [0.25, 0.3) is 0 Å². The quantitative estimate of drug-likeness (QED) is 0.841. The van der Waals surface area contributed by atoms with Crippen LogP contribution in [0.5, 0.6) is 5.75 Å². The van der Waals surface area contributed by atoms with E-state index in [2.05, 4.69) is 41.3 Å². The summed E-state index contributed by atoms with van der Waals surface area (Å²) in [6.45, 7) is 3.24. The summed E-state index contributed by atoms with van der Waals surface area (Å²) in [5, 5.41) is 0. The highest BCUT2D eigenvalue weighted by Gasteiger charge is 2.13. The molecule has 0 N–H and O–H groups in total. The number of aryl methyl sites for hydroxylation is 1. The molecule has 0 radical (unpaired) electrons. The molecule has 2 aromatic rings. The van der Waals surface area contributed by atoms with Gasteiger partial charge in [-0.25, -0.2) is 0 Å². The van der Waals surface area contributed by atoms with Crippen molar-refractivity contribution in [3.63, 3.8) is 0 Å². The number of nitrogens with zero attached hydrogens (tertiary/aromatic N) is 1. The van der Waals surface area contributed by atoms with Crippen LogP contribution in [-0.4, -0.2) is 18.6 Å². The number of fused-ring (bicyclic) bond motifs is 1. The van der Waals surface area contributed by atoms with Crippen LogP contribution in [0.25, 0.3) is 0 Å². The summed E-state index contributed by atoms with van der Waals surface area (Å²) in [7, 11) is 1.71. The summed E-state index contributed by atoms with van der Waals surface area (Å²) in [6.07, 6.45) is 2.45. The van der Waals surface area contributed by atoms with Gasteiger partial charge in [0.15, 0.2) is 0 Å². The lowest BCUT2D eigenvalue weighted by Crippen LogP contribution is -2.22. The first-order valence-corrected chi connectivity index (χ1v) is 7.27. The van der Waals surface area contributed by atoms with Crippen LogP contribution in [0.15, 0.2) is 48.5 Å². The largest absolute Gasteiger partial charge is 0.497 e. The number of hydrogen-bond donors (Lipinski definition) is 0. The van der Waals surface area contributed by atoms with Crippen LogP contribution in [0.4, 0.5) is 0 Å². The number of ether oxygens (including phenoxy) is 1. The molecule has 20 heavy (non-hydrogen) atoms. The van der Waals surface area contributed by atoms with Gasteiger partial charge in [-0.15, -0.1) is 0 Å². The van der Waals surface area contributed by atoms with E-state index in [0.717, 1.165) is 18.8 Å². The molecule has 0 aliphatic carbocycles. The Kier molecular flexibility index (Phi) is 4.03. The standard InChI is InChI=1S/C18H21NO/c1-20-18-10-8-15(9-11-18)13-19-12-4-7-16-5-2-3-6-17(16)14-19/h2-3,5-6,8-11H,4,7,12-14H2,1H3. The summed E-state index contributed by atoms with van der Waals surface area (Å²) >= 11 is 0. The molecule has 0 saturated heterocycles. The van der Waals surface area contributed by atoms with Crippen molar-refractivity contribution >= 4 is 0 Å². The second-order valence-corrected chi connectivity index (χ2v) is 5.43. The molecule has 0 amide bonds. The molecule has 2 heteroatoms. The first kappa shape index (κ1) is 13.2. The van der Waals surface area contributed by atoms with Crippen LogP contribution in [0.2, 0.25) is 0 Å². The van der Waals surface area contributed by atoms with E-state index in [-0.39, 0.29) is 0 Å². The molecule has 104 valence electrons. The first-order valence-electron chi connectivity index (χ1n) is 7.27. The molecule has 0 fully saturated rings. The van der Waals surface area contributed by atoms with Gasteiger partial charge in [0.1, 0.15) is 5.75 Å². The van der Waals surface area contributed by atoms with E-state index in [9.17, 15) is 0 Å². The van der Waals surface area contributed by atoms with Gasteiger partial charge in [-0.3, -0.25) is 4.90 Å². The summed E-state index contributed by atoms with van der Waals surface area (Å²) in [4.78, 5) is 2.54.